The molecule has 1 amide bonds. The Bertz CT molecular complexity index is 741. The van der Waals surface area contributed by atoms with E-state index < -0.39 is 6.10 Å². The van der Waals surface area contributed by atoms with Crippen molar-refractivity contribution in [1.29, 1.82) is 0 Å². The van der Waals surface area contributed by atoms with E-state index in [4.69, 9.17) is 4.74 Å². The molecule has 2 aromatic rings. The lowest BCUT2D eigenvalue weighted by Gasteiger charge is -2.24. The van der Waals surface area contributed by atoms with Crippen LogP contribution in [0.1, 0.15) is 42.2 Å². The second-order valence-electron chi connectivity index (χ2n) is 6.98. The lowest BCUT2D eigenvalue weighted by atomic mass is 10.0. The SMILES string of the molecule is COc1cccc([C@@H]2C[C@@H](O)CN2C(=O)c2cnn(CC(C)C)c2)c1. The van der Waals surface area contributed by atoms with Crippen LogP contribution in [0.3, 0.4) is 0 Å². The van der Waals surface area contributed by atoms with Crippen molar-refractivity contribution in [3.05, 3.63) is 47.8 Å². The van der Waals surface area contributed by atoms with Crippen molar-refractivity contribution in [2.45, 2.75) is 39.0 Å². The third-order valence-corrected chi connectivity index (χ3v) is 4.45. The summed E-state index contributed by atoms with van der Waals surface area (Å²) in [6.07, 6.45) is 3.40. The number of hydrogen-bond acceptors (Lipinski definition) is 4. The number of amides is 1. The van der Waals surface area contributed by atoms with Crippen LogP contribution in [-0.4, -0.2) is 45.5 Å². The molecular formula is C19H25N3O3. The molecule has 1 aromatic carbocycles. The number of aliphatic hydroxyl groups is 1. The summed E-state index contributed by atoms with van der Waals surface area (Å²) in [4.78, 5) is 14.7. The van der Waals surface area contributed by atoms with Gasteiger partial charge in [0.2, 0.25) is 0 Å². The van der Waals surface area contributed by atoms with Crippen molar-refractivity contribution in [2.75, 3.05) is 13.7 Å². The maximum atomic E-state index is 13.0. The first kappa shape index (κ1) is 17.5. The number of nitrogens with zero attached hydrogens (tertiary/aromatic N) is 3. The van der Waals surface area contributed by atoms with Gasteiger partial charge in [0.25, 0.3) is 5.91 Å². The molecule has 25 heavy (non-hydrogen) atoms. The number of benzene rings is 1. The standard InChI is InChI=1S/C19H25N3O3/c1-13(2)10-21-11-15(9-20-21)19(24)22-12-16(23)8-18(22)14-5-4-6-17(7-14)25-3/h4-7,9,11,13,16,18,23H,8,10,12H2,1-3H3/t16-,18+/m1/s1. The van der Waals surface area contributed by atoms with Crippen molar-refractivity contribution in [3.8, 4) is 5.75 Å². The topological polar surface area (TPSA) is 67.6 Å². The number of β-amino-alcohol motifs (C(OH)–C–C–N with tert-alkyl or cyclic N) is 1. The number of aromatic nitrogens is 2. The van der Waals surface area contributed by atoms with Crippen LogP contribution in [0.2, 0.25) is 0 Å². The molecule has 6 nitrogen and oxygen atoms in total. The molecule has 1 N–H and O–H groups in total. The van der Waals surface area contributed by atoms with Crippen molar-refractivity contribution >= 4 is 5.91 Å². The number of methoxy groups -OCH3 is 1. The van der Waals surface area contributed by atoms with Crippen LogP contribution in [0.5, 0.6) is 5.75 Å². The van der Waals surface area contributed by atoms with Crippen LogP contribution in [0.15, 0.2) is 36.7 Å². The van der Waals surface area contributed by atoms with Gasteiger partial charge in [-0.25, -0.2) is 0 Å². The first-order chi connectivity index (χ1) is 12.0. The molecule has 6 heteroatoms. The van der Waals surface area contributed by atoms with Crippen LogP contribution in [-0.2, 0) is 6.54 Å². The number of hydrogen-bond donors (Lipinski definition) is 1. The Morgan fingerprint density at radius 2 is 2.24 bits per heavy atom. The van der Waals surface area contributed by atoms with Crippen LogP contribution in [0.4, 0.5) is 0 Å². The molecule has 0 unspecified atom stereocenters. The van der Waals surface area contributed by atoms with Gasteiger partial charge in [0, 0.05) is 19.3 Å². The Morgan fingerprint density at radius 3 is 2.96 bits per heavy atom. The molecule has 3 rings (SSSR count). The van der Waals surface area contributed by atoms with Crippen molar-refractivity contribution in [3.63, 3.8) is 0 Å². The van der Waals surface area contributed by atoms with Crippen molar-refractivity contribution < 1.29 is 14.6 Å². The molecular weight excluding hydrogens is 318 g/mol. The molecule has 1 fully saturated rings. The summed E-state index contributed by atoms with van der Waals surface area (Å²) in [6, 6.07) is 7.50. The van der Waals surface area contributed by atoms with Gasteiger partial charge in [-0.15, -0.1) is 0 Å². The van der Waals surface area contributed by atoms with Gasteiger partial charge in [-0.2, -0.15) is 5.10 Å². The summed E-state index contributed by atoms with van der Waals surface area (Å²) in [5.74, 6) is 1.11. The first-order valence-electron chi connectivity index (χ1n) is 8.63. The van der Waals surface area contributed by atoms with Gasteiger partial charge in [-0.05, 0) is 30.0 Å². The zero-order valence-electron chi connectivity index (χ0n) is 14.9. The zero-order chi connectivity index (χ0) is 18.0. The average Bonchev–Trinajstić information content (AvgIpc) is 3.20. The van der Waals surface area contributed by atoms with Crippen LogP contribution < -0.4 is 4.74 Å². The summed E-state index contributed by atoms with van der Waals surface area (Å²) in [5, 5.41) is 14.4. The Morgan fingerprint density at radius 1 is 1.44 bits per heavy atom. The molecule has 1 aromatic heterocycles. The second kappa shape index (κ2) is 7.27. The van der Waals surface area contributed by atoms with E-state index in [-0.39, 0.29) is 11.9 Å². The van der Waals surface area contributed by atoms with Crippen LogP contribution >= 0.6 is 0 Å². The summed E-state index contributed by atoms with van der Waals surface area (Å²) in [6.45, 7) is 5.32. The van der Waals surface area contributed by atoms with Crippen LogP contribution in [0, 0.1) is 5.92 Å². The fraction of sp³-hybridized carbons (Fsp3) is 0.474. The summed E-state index contributed by atoms with van der Waals surface area (Å²) in [7, 11) is 1.62. The Kier molecular flexibility index (Phi) is 5.08. The normalized spacial score (nSPS) is 20.3. The maximum absolute atomic E-state index is 13.0. The molecule has 0 aliphatic carbocycles. The fourth-order valence-electron chi connectivity index (χ4n) is 3.32. The third kappa shape index (κ3) is 3.85. The van der Waals surface area contributed by atoms with Gasteiger partial charge >= 0.3 is 0 Å². The zero-order valence-corrected chi connectivity index (χ0v) is 14.9. The summed E-state index contributed by atoms with van der Waals surface area (Å²) in [5.41, 5.74) is 1.53. The van der Waals surface area contributed by atoms with Crippen molar-refractivity contribution in [1.82, 2.24) is 14.7 Å². The fourth-order valence-corrected chi connectivity index (χ4v) is 3.32. The van der Waals surface area contributed by atoms with Crippen LogP contribution in [0.25, 0.3) is 0 Å². The monoisotopic (exact) mass is 343 g/mol. The van der Waals surface area contributed by atoms with E-state index in [0.29, 0.717) is 24.4 Å². The minimum Gasteiger partial charge on any atom is -0.497 e. The molecule has 2 atom stereocenters. The van der Waals surface area contributed by atoms with Gasteiger partial charge in [-0.3, -0.25) is 9.48 Å². The molecule has 0 radical (unpaired) electrons. The Hall–Kier alpha value is -2.34. The van der Waals surface area contributed by atoms with Gasteiger partial charge in [0.1, 0.15) is 5.75 Å². The molecule has 1 aliphatic rings. The molecule has 0 spiro atoms. The van der Waals surface area contributed by atoms with E-state index in [1.165, 1.54) is 0 Å². The highest BCUT2D eigenvalue weighted by Gasteiger charge is 2.36. The molecule has 0 bridgehead atoms. The Balaban J connectivity index is 1.83. The first-order valence-corrected chi connectivity index (χ1v) is 8.63. The van der Waals surface area contributed by atoms with E-state index >= 15 is 0 Å². The van der Waals surface area contributed by atoms with Gasteiger partial charge in [-0.1, -0.05) is 26.0 Å². The average molecular weight is 343 g/mol. The molecule has 134 valence electrons. The number of rotatable bonds is 5. The lowest BCUT2D eigenvalue weighted by Crippen LogP contribution is -2.31. The number of ether oxygens (including phenoxy) is 1. The largest absolute Gasteiger partial charge is 0.497 e. The number of carbonyl (C=O) groups excluding carboxylic acids is 1. The second-order valence-corrected chi connectivity index (χ2v) is 6.98. The van der Waals surface area contributed by atoms with E-state index in [1.54, 1.807) is 29.1 Å². The third-order valence-electron chi connectivity index (χ3n) is 4.45. The predicted octanol–water partition coefficient (Wildman–Crippen LogP) is 2.50. The predicted molar refractivity (Wildman–Crippen MR) is 94.5 cm³/mol. The highest BCUT2D eigenvalue weighted by atomic mass is 16.5. The number of likely N-dealkylation sites (tertiary alicyclic amines) is 1. The minimum atomic E-state index is -0.522. The minimum absolute atomic E-state index is 0.0978. The van der Waals surface area contributed by atoms with E-state index in [2.05, 4.69) is 18.9 Å². The van der Waals surface area contributed by atoms with E-state index in [9.17, 15) is 9.90 Å². The van der Waals surface area contributed by atoms with Gasteiger partial charge in [0.15, 0.2) is 0 Å². The highest BCUT2D eigenvalue weighted by molar-refractivity contribution is 5.94. The van der Waals surface area contributed by atoms with E-state index in [0.717, 1.165) is 17.9 Å². The summed E-state index contributed by atoms with van der Waals surface area (Å²) >= 11 is 0. The molecule has 1 aliphatic heterocycles. The lowest BCUT2D eigenvalue weighted by molar-refractivity contribution is 0.0715. The molecule has 1 saturated heterocycles. The summed E-state index contributed by atoms with van der Waals surface area (Å²) < 4.78 is 7.08. The smallest absolute Gasteiger partial charge is 0.257 e. The molecule has 2 heterocycles. The quantitative estimate of drug-likeness (QED) is 0.906. The van der Waals surface area contributed by atoms with Crippen molar-refractivity contribution in [2.24, 2.45) is 5.92 Å². The van der Waals surface area contributed by atoms with E-state index in [1.807, 2.05) is 24.3 Å². The van der Waals surface area contributed by atoms with Gasteiger partial charge in [0.05, 0.1) is 31.0 Å². The maximum Gasteiger partial charge on any atom is 0.257 e. The highest BCUT2D eigenvalue weighted by Crippen LogP contribution is 2.34. The Labute approximate surface area is 148 Å². The number of carbonyl (C=O) groups is 1. The molecule has 0 saturated carbocycles. The number of aliphatic hydroxyl groups excluding tert-OH is 1. The van der Waals surface area contributed by atoms with Gasteiger partial charge < -0.3 is 14.7 Å².